The molecule has 0 heterocycles. The number of aliphatic hydroxyl groups is 4. The highest BCUT2D eigenvalue weighted by molar-refractivity contribution is 5.93. The number of hydrogen-bond donors (Lipinski definition) is 4. The third-order valence-corrected chi connectivity index (χ3v) is 4.34. The lowest BCUT2D eigenvalue weighted by Crippen LogP contribution is -2.38. The van der Waals surface area contributed by atoms with E-state index in [1.807, 2.05) is 6.92 Å². The monoisotopic (exact) mass is 383 g/mol. The third-order valence-electron chi connectivity index (χ3n) is 4.34. The number of ether oxygens (including phenoxy) is 1. The topological polar surface area (TPSA) is 110 Å². The van der Waals surface area contributed by atoms with Gasteiger partial charge in [0.25, 0.3) is 0 Å². The summed E-state index contributed by atoms with van der Waals surface area (Å²) in [5.74, 6) is -2.82. The number of nitrogens with zero attached hydrogens (tertiary/aromatic N) is 1. The molecule has 0 aliphatic rings. The second kappa shape index (κ2) is 10.0. The molecule has 4 N–H and O–H groups in total. The van der Waals surface area contributed by atoms with Gasteiger partial charge in [-0.05, 0) is 44.9 Å². The van der Waals surface area contributed by atoms with Gasteiger partial charge in [-0.1, -0.05) is 13.8 Å². The molecule has 2 atom stereocenters. The van der Waals surface area contributed by atoms with Gasteiger partial charge in [-0.15, -0.1) is 0 Å². The Balaban J connectivity index is 3.67. The van der Waals surface area contributed by atoms with Gasteiger partial charge in [0.15, 0.2) is 5.79 Å². The van der Waals surface area contributed by atoms with Gasteiger partial charge in [-0.2, -0.15) is 0 Å². The van der Waals surface area contributed by atoms with E-state index >= 15 is 0 Å². The summed E-state index contributed by atoms with van der Waals surface area (Å²) >= 11 is 0. The zero-order valence-corrected chi connectivity index (χ0v) is 16.9. The number of aliphatic hydroxyl groups excluding tert-OH is 2. The van der Waals surface area contributed by atoms with Gasteiger partial charge in [0, 0.05) is 30.8 Å². The summed E-state index contributed by atoms with van der Waals surface area (Å²) in [6.07, 6.45) is -0.888. The molecule has 2 unspecified atom stereocenters. The molecule has 1 aromatic carbocycles. The maximum Gasteiger partial charge on any atom is 0.338 e. The number of anilines is 1. The first-order valence-corrected chi connectivity index (χ1v) is 9.48. The van der Waals surface area contributed by atoms with E-state index in [-0.39, 0.29) is 37.2 Å². The van der Waals surface area contributed by atoms with Crippen LogP contribution in [0.15, 0.2) is 12.1 Å². The average Bonchev–Trinajstić information content (AvgIpc) is 2.59. The van der Waals surface area contributed by atoms with Crippen LogP contribution in [0.5, 0.6) is 0 Å². The molecule has 0 aliphatic heterocycles. The van der Waals surface area contributed by atoms with Crippen molar-refractivity contribution >= 4 is 11.7 Å². The summed E-state index contributed by atoms with van der Waals surface area (Å²) < 4.78 is 5.08. The van der Waals surface area contributed by atoms with E-state index in [0.717, 1.165) is 0 Å². The number of rotatable bonds is 10. The molecule has 0 aromatic heterocycles. The molecular weight excluding hydrogens is 350 g/mol. The second-order valence-corrected chi connectivity index (χ2v) is 6.83. The minimum atomic E-state index is -2.20. The van der Waals surface area contributed by atoms with Crippen molar-refractivity contribution in [3.8, 4) is 0 Å². The largest absolute Gasteiger partial charge is 0.462 e. The molecule has 7 heteroatoms. The Morgan fingerprint density at radius 1 is 1.11 bits per heavy atom. The van der Waals surface area contributed by atoms with Crippen LogP contribution in [0.1, 0.15) is 62.5 Å². The maximum absolute atomic E-state index is 12.4. The fraction of sp³-hybridized carbons (Fsp3) is 0.650. The van der Waals surface area contributed by atoms with Crippen LogP contribution in [0, 0.1) is 0 Å². The van der Waals surface area contributed by atoms with Crippen LogP contribution in [-0.4, -0.2) is 58.3 Å². The number of benzene rings is 1. The predicted molar refractivity (Wildman–Crippen MR) is 104 cm³/mol. The smallest absolute Gasteiger partial charge is 0.338 e. The Bertz CT molecular complexity index is 617. The van der Waals surface area contributed by atoms with E-state index in [0.29, 0.717) is 17.7 Å². The lowest BCUT2D eigenvalue weighted by Gasteiger charge is -2.33. The standard InChI is InChI=1S/C20H33NO6/c1-6-15-17(21(11-13(4)22)12-14(5)23)10-9-16(19(24)27-8-3)18(15)20(25,26)7-2/h9-10,13-14,22-23,25-26H,6-8,11-12H2,1-5H3. The molecule has 27 heavy (non-hydrogen) atoms. The van der Waals surface area contributed by atoms with Crippen LogP contribution in [0.25, 0.3) is 0 Å². The SMILES string of the molecule is CCOC(=O)c1ccc(N(CC(C)O)CC(C)O)c(CC)c1C(O)(O)CC. The van der Waals surface area contributed by atoms with Crippen molar-refractivity contribution in [2.24, 2.45) is 0 Å². The van der Waals surface area contributed by atoms with Gasteiger partial charge in [-0.25, -0.2) is 4.79 Å². The molecule has 1 aromatic rings. The zero-order chi connectivity index (χ0) is 20.8. The lowest BCUT2D eigenvalue weighted by atomic mass is 9.89. The van der Waals surface area contributed by atoms with E-state index in [4.69, 9.17) is 4.74 Å². The summed E-state index contributed by atoms with van der Waals surface area (Å²) in [5.41, 5.74) is 1.44. The Morgan fingerprint density at radius 2 is 1.67 bits per heavy atom. The highest BCUT2D eigenvalue weighted by atomic mass is 16.5. The Labute approximate surface area is 161 Å². The number of esters is 1. The van der Waals surface area contributed by atoms with Crippen LogP contribution in [-0.2, 0) is 16.9 Å². The van der Waals surface area contributed by atoms with Gasteiger partial charge >= 0.3 is 5.97 Å². The molecule has 0 saturated heterocycles. The number of carbonyl (C=O) groups is 1. The van der Waals surface area contributed by atoms with Crippen LogP contribution in [0.3, 0.4) is 0 Å². The average molecular weight is 383 g/mol. The first-order valence-electron chi connectivity index (χ1n) is 9.48. The minimum Gasteiger partial charge on any atom is -0.462 e. The molecule has 0 saturated carbocycles. The Hall–Kier alpha value is -1.67. The van der Waals surface area contributed by atoms with Crippen LogP contribution < -0.4 is 4.90 Å². The Morgan fingerprint density at radius 3 is 2.07 bits per heavy atom. The summed E-state index contributed by atoms with van der Waals surface area (Å²) in [7, 11) is 0. The summed E-state index contributed by atoms with van der Waals surface area (Å²) in [4.78, 5) is 14.2. The molecule has 0 radical (unpaired) electrons. The van der Waals surface area contributed by atoms with E-state index < -0.39 is 24.0 Å². The molecule has 0 amide bonds. The molecule has 0 fully saturated rings. The summed E-state index contributed by atoms with van der Waals surface area (Å²) in [5, 5.41) is 40.9. The first-order chi connectivity index (χ1) is 12.6. The molecule has 7 nitrogen and oxygen atoms in total. The molecule has 154 valence electrons. The molecule has 1 rings (SSSR count). The number of carbonyl (C=O) groups excluding carboxylic acids is 1. The normalized spacial score (nSPS) is 14.0. The van der Waals surface area contributed by atoms with Gasteiger partial charge in [0.1, 0.15) is 0 Å². The summed E-state index contributed by atoms with van der Waals surface area (Å²) in [6.45, 7) is 9.12. The fourth-order valence-electron chi connectivity index (χ4n) is 3.21. The highest BCUT2D eigenvalue weighted by Crippen LogP contribution is 2.36. The van der Waals surface area contributed by atoms with Crippen molar-refractivity contribution in [1.29, 1.82) is 0 Å². The molecule has 0 bridgehead atoms. The van der Waals surface area contributed by atoms with Gasteiger partial charge in [0.05, 0.1) is 24.4 Å². The van der Waals surface area contributed by atoms with Crippen molar-refractivity contribution in [2.75, 3.05) is 24.6 Å². The van der Waals surface area contributed by atoms with Gasteiger partial charge < -0.3 is 30.1 Å². The Kier molecular flexibility index (Phi) is 8.68. The van der Waals surface area contributed by atoms with E-state index in [2.05, 4.69) is 0 Å². The van der Waals surface area contributed by atoms with Crippen molar-refractivity contribution in [2.45, 2.75) is 65.5 Å². The van der Waals surface area contributed by atoms with Gasteiger partial charge in [-0.3, -0.25) is 0 Å². The summed E-state index contributed by atoms with van der Waals surface area (Å²) in [6, 6.07) is 3.21. The van der Waals surface area contributed by atoms with Crippen molar-refractivity contribution in [3.05, 3.63) is 28.8 Å². The number of hydrogen-bond acceptors (Lipinski definition) is 7. The van der Waals surface area contributed by atoms with Crippen molar-refractivity contribution in [3.63, 3.8) is 0 Å². The zero-order valence-electron chi connectivity index (χ0n) is 16.9. The highest BCUT2D eigenvalue weighted by Gasteiger charge is 2.34. The van der Waals surface area contributed by atoms with Crippen LogP contribution in [0.4, 0.5) is 5.69 Å². The van der Waals surface area contributed by atoms with Crippen molar-refractivity contribution < 1.29 is 30.0 Å². The van der Waals surface area contributed by atoms with E-state index in [1.54, 1.807) is 38.7 Å². The molecule has 0 spiro atoms. The molecular formula is C20H33NO6. The predicted octanol–water partition coefficient (Wildman–Crippen LogP) is 1.54. The fourth-order valence-corrected chi connectivity index (χ4v) is 3.21. The van der Waals surface area contributed by atoms with Crippen molar-refractivity contribution in [1.82, 2.24) is 0 Å². The third kappa shape index (κ3) is 5.90. The lowest BCUT2D eigenvalue weighted by molar-refractivity contribution is -0.172. The quantitative estimate of drug-likeness (QED) is 0.358. The van der Waals surface area contributed by atoms with Gasteiger partial charge in [0.2, 0.25) is 0 Å². The minimum absolute atomic E-state index is 0.0112. The van der Waals surface area contributed by atoms with E-state index in [1.165, 1.54) is 6.07 Å². The van der Waals surface area contributed by atoms with Crippen LogP contribution >= 0.6 is 0 Å². The maximum atomic E-state index is 12.4. The molecule has 0 aliphatic carbocycles. The first kappa shape index (κ1) is 23.4. The second-order valence-electron chi connectivity index (χ2n) is 6.83. The van der Waals surface area contributed by atoms with Crippen LogP contribution in [0.2, 0.25) is 0 Å². The van der Waals surface area contributed by atoms with E-state index in [9.17, 15) is 25.2 Å².